The normalized spacial score (nSPS) is 17.3. The highest BCUT2D eigenvalue weighted by atomic mass is 16.3. The van der Waals surface area contributed by atoms with E-state index in [1.807, 2.05) is 0 Å². The van der Waals surface area contributed by atoms with Gasteiger partial charge in [0.05, 0.1) is 0 Å². The van der Waals surface area contributed by atoms with E-state index in [9.17, 15) is 9.90 Å². The van der Waals surface area contributed by atoms with Gasteiger partial charge in [-0.05, 0) is 37.1 Å². The van der Waals surface area contributed by atoms with Crippen LogP contribution in [0.1, 0.15) is 55.4 Å². The molecule has 0 saturated heterocycles. The topological polar surface area (TPSA) is 65.1 Å². The molecule has 112 valence electrons. The molecule has 1 fully saturated rings. The molecule has 1 aromatic carbocycles. The van der Waals surface area contributed by atoms with Gasteiger partial charge in [-0.15, -0.1) is 0 Å². The van der Waals surface area contributed by atoms with Gasteiger partial charge in [0.15, 0.2) is 0 Å². The van der Waals surface area contributed by atoms with Gasteiger partial charge >= 0.3 is 0 Å². The highest BCUT2D eigenvalue weighted by molar-refractivity contribution is 5.98. The minimum atomic E-state index is -0.0451. The second-order valence-corrected chi connectivity index (χ2v) is 5.97. The van der Waals surface area contributed by atoms with Gasteiger partial charge < -0.3 is 15.4 Å². The number of amides is 1. The monoisotopic (exact) mass is 286 g/mol. The lowest BCUT2D eigenvalue weighted by Crippen LogP contribution is -2.35. The average molecular weight is 286 g/mol. The minimum Gasteiger partial charge on any atom is -0.508 e. The Bertz CT molecular complexity index is 625. The fourth-order valence-corrected chi connectivity index (χ4v) is 3.11. The largest absolute Gasteiger partial charge is 0.508 e. The van der Waals surface area contributed by atoms with Crippen LogP contribution in [0.3, 0.4) is 0 Å². The van der Waals surface area contributed by atoms with Gasteiger partial charge in [0, 0.05) is 16.9 Å². The molecule has 1 aromatic heterocycles. The molecule has 4 nitrogen and oxygen atoms in total. The van der Waals surface area contributed by atoms with E-state index in [2.05, 4.69) is 10.3 Å². The number of phenolic OH excluding ortho intramolecular Hbond substituents is 1. The van der Waals surface area contributed by atoms with Crippen LogP contribution in [0, 0.1) is 0 Å². The van der Waals surface area contributed by atoms with E-state index in [-0.39, 0.29) is 17.7 Å². The molecule has 0 unspecified atom stereocenters. The van der Waals surface area contributed by atoms with Crippen molar-refractivity contribution in [2.75, 3.05) is 0 Å². The second kappa shape index (κ2) is 6.20. The first-order valence-corrected chi connectivity index (χ1v) is 7.85. The van der Waals surface area contributed by atoms with Crippen molar-refractivity contribution >= 4 is 16.8 Å². The van der Waals surface area contributed by atoms with Crippen LogP contribution in [0.25, 0.3) is 10.9 Å². The van der Waals surface area contributed by atoms with E-state index in [1.54, 1.807) is 24.3 Å². The van der Waals surface area contributed by atoms with Crippen LogP contribution in [0.4, 0.5) is 0 Å². The summed E-state index contributed by atoms with van der Waals surface area (Å²) in [4.78, 5) is 15.5. The van der Waals surface area contributed by atoms with Crippen LogP contribution in [0.15, 0.2) is 24.3 Å². The molecule has 1 heterocycles. The maximum absolute atomic E-state index is 12.4. The summed E-state index contributed by atoms with van der Waals surface area (Å²) in [5.74, 6) is 0.171. The summed E-state index contributed by atoms with van der Waals surface area (Å²) < 4.78 is 0. The molecular formula is C17H22N2O2. The number of rotatable bonds is 2. The van der Waals surface area contributed by atoms with Gasteiger partial charge in [-0.2, -0.15) is 0 Å². The number of H-pyrrole nitrogens is 1. The first-order valence-electron chi connectivity index (χ1n) is 7.85. The van der Waals surface area contributed by atoms with Gasteiger partial charge in [-0.3, -0.25) is 4.79 Å². The molecule has 1 aliphatic rings. The molecule has 0 atom stereocenters. The Morgan fingerprint density at radius 2 is 1.81 bits per heavy atom. The van der Waals surface area contributed by atoms with E-state index in [0.717, 1.165) is 23.7 Å². The molecule has 1 saturated carbocycles. The Morgan fingerprint density at radius 1 is 1.10 bits per heavy atom. The number of hydrogen-bond acceptors (Lipinski definition) is 2. The zero-order valence-electron chi connectivity index (χ0n) is 12.2. The molecule has 1 aliphatic carbocycles. The van der Waals surface area contributed by atoms with E-state index in [0.29, 0.717) is 5.69 Å². The fraction of sp³-hybridized carbons (Fsp3) is 0.471. The van der Waals surface area contributed by atoms with Crippen molar-refractivity contribution in [2.24, 2.45) is 0 Å². The number of aromatic amines is 1. The lowest BCUT2D eigenvalue weighted by Gasteiger charge is -2.20. The van der Waals surface area contributed by atoms with Crippen molar-refractivity contribution in [3.05, 3.63) is 30.0 Å². The molecule has 0 aliphatic heterocycles. The maximum Gasteiger partial charge on any atom is 0.267 e. The van der Waals surface area contributed by atoms with Crippen molar-refractivity contribution in [3.63, 3.8) is 0 Å². The molecule has 3 rings (SSSR count). The summed E-state index contributed by atoms with van der Waals surface area (Å²) in [7, 11) is 0. The molecule has 0 spiro atoms. The SMILES string of the molecule is O=C(NC1CCCCCCC1)c1cc2cc(O)ccc2[nH]1. The Morgan fingerprint density at radius 3 is 2.57 bits per heavy atom. The molecule has 1 amide bonds. The second-order valence-electron chi connectivity index (χ2n) is 5.97. The summed E-state index contributed by atoms with van der Waals surface area (Å²) in [6.45, 7) is 0. The van der Waals surface area contributed by atoms with Gasteiger partial charge in [0.2, 0.25) is 0 Å². The zero-order valence-corrected chi connectivity index (χ0v) is 12.2. The summed E-state index contributed by atoms with van der Waals surface area (Å²) in [5, 5.41) is 13.5. The molecule has 0 radical (unpaired) electrons. The van der Waals surface area contributed by atoms with E-state index >= 15 is 0 Å². The van der Waals surface area contributed by atoms with E-state index < -0.39 is 0 Å². The highest BCUT2D eigenvalue weighted by Gasteiger charge is 2.16. The van der Waals surface area contributed by atoms with Crippen LogP contribution in [0.5, 0.6) is 5.75 Å². The van der Waals surface area contributed by atoms with Gasteiger partial charge in [0.25, 0.3) is 5.91 Å². The Labute approximate surface area is 124 Å². The van der Waals surface area contributed by atoms with Crippen LogP contribution in [0.2, 0.25) is 0 Å². The maximum atomic E-state index is 12.4. The number of carbonyl (C=O) groups excluding carboxylic acids is 1. The first-order chi connectivity index (χ1) is 10.2. The number of aromatic hydroxyl groups is 1. The number of carbonyl (C=O) groups is 1. The third-order valence-corrected chi connectivity index (χ3v) is 4.29. The van der Waals surface area contributed by atoms with E-state index in [4.69, 9.17) is 0 Å². The van der Waals surface area contributed by atoms with Crippen molar-refractivity contribution in [1.29, 1.82) is 0 Å². The molecule has 2 aromatic rings. The third kappa shape index (κ3) is 3.38. The van der Waals surface area contributed by atoms with Crippen molar-refractivity contribution in [1.82, 2.24) is 10.3 Å². The van der Waals surface area contributed by atoms with Crippen LogP contribution in [-0.4, -0.2) is 22.0 Å². The molecule has 4 heteroatoms. The number of hydrogen-bond donors (Lipinski definition) is 3. The zero-order chi connectivity index (χ0) is 14.7. The highest BCUT2D eigenvalue weighted by Crippen LogP contribution is 2.21. The van der Waals surface area contributed by atoms with Crippen molar-refractivity contribution in [2.45, 2.75) is 51.0 Å². The molecular weight excluding hydrogens is 264 g/mol. The Hall–Kier alpha value is -1.97. The molecule has 3 N–H and O–H groups in total. The standard InChI is InChI=1S/C17H22N2O2/c20-14-8-9-15-12(10-14)11-16(19-15)17(21)18-13-6-4-2-1-3-5-7-13/h8-11,13,19-20H,1-7H2,(H,18,21). The summed E-state index contributed by atoms with van der Waals surface area (Å²) in [6, 6.07) is 7.16. The van der Waals surface area contributed by atoms with Crippen molar-refractivity contribution < 1.29 is 9.90 Å². The third-order valence-electron chi connectivity index (χ3n) is 4.29. The summed E-state index contributed by atoms with van der Waals surface area (Å²) >= 11 is 0. The predicted octanol–water partition coefficient (Wildman–Crippen LogP) is 3.72. The lowest BCUT2D eigenvalue weighted by molar-refractivity contribution is 0.0926. The molecule has 0 bridgehead atoms. The Balaban J connectivity index is 1.70. The first kappa shape index (κ1) is 14.0. The fourth-order valence-electron chi connectivity index (χ4n) is 3.11. The molecule has 21 heavy (non-hydrogen) atoms. The van der Waals surface area contributed by atoms with Crippen molar-refractivity contribution in [3.8, 4) is 5.75 Å². The summed E-state index contributed by atoms with van der Waals surface area (Å²) in [5.41, 5.74) is 1.44. The van der Waals surface area contributed by atoms with Gasteiger partial charge in [0.1, 0.15) is 11.4 Å². The predicted molar refractivity (Wildman–Crippen MR) is 83.5 cm³/mol. The minimum absolute atomic E-state index is 0.0451. The van der Waals surface area contributed by atoms with Gasteiger partial charge in [-0.1, -0.05) is 32.1 Å². The number of phenols is 1. The number of nitrogens with one attached hydrogen (secondary N) is 2. The van der Waals surface area contributed by atoms with Crippen LogP contribution in [-0.2, 0) is 0 Å². The Kier molecular flexibility index (Phi) is 4.13. The lowest BCUT2D eigenvalue weighted by atomic mass is 9.96. The average Bonchev–Trinajstić information content (AvgIpc) is 2.84. The van der Waals surface area contributed by atoms with Crippen LogP contribution >= 0.6 is 0 Å². The van der Waals surface area contributed by atoms with Gasteiger partial charge in [-0.25, -0.2) is 0 Å². The smallest absolute Gasteiger partial charge is 0.267 e. The number of benzene rings is 1. The number of aromatic nitrogens is 1. The number of fused-ring (bicyclic) bond motifs is 1. The van der Waals surface area contributed by atoms with E-state index in [1.165, 1.54) is 32.1 Å². The summed E-state index contributed by atoms with van der Waals surface area (Å²) in [6.07, 6.45) is 8.43. The van der Waals surface area contributed by atoms with Crippen LogP contribution < -0.4 is 5.32 Å². The quantitative estimate of drug-likeness (QED) is 0.787.